The highest BCUT2D eigenvalue weighted by atomic mass is 32.1. The van der Waals surface area contributed by atoms with Crippen molar-refractivity contribution in [3.8, 4) is 22.1 Å². The average molecular weight is 455 g/mol. The van der Waals surface area contributed by atoms with Crippen LogP contribution in [0.15, 0.2) is 48.5 Å². The van der Waals surface area contributed by atoms with E-state index >= 15 is 0 Å². The third-order valence-corrected chi connectivity index (χ3v) is 5.62. The molecule has 3 rings (SSSR count). The maximum Gasteiger partial charge on any atom is 0.253 e. The van der Waals surface area contributed by atoms with Gasteiger partial charge in [0.25, 0.3) is 5.91 Å². The Morgan fingerprint density at radius 1 is 0.938 bits per heavy atom. The van der Waals surface area contributed by atoms with Crippen LogP contribution >= 0.6 is 11.3 Å². The van der Waals surface area contributed by atoms with Gasteiger partial charge < -0.3 is 19.7 Å². The van der Waals surface area contributed by atoms with Crippen molar-refractivity contribution in [2.75, 3.05) is 32.6 Å². The zero-order valence-corrected chi connectivity index (χ0v) is 19.1. The van der Waals surface area contributed by atoms with E-state index in [0.29, 0.717) is 34.5 Å². The van der Waals surface area contributed by atoms with Crippen LogP contribution in [-0.2, 0) is 4.79 Å². The minimum atomic E-state index is -0.217. The lowest BCUT2D eigenvalue weighted by Crippen LogP contribution is -2.34. The SMILES string of the molecule is CCCN(CCC(=O)Nc1nnc(-c2ccc(OC)cc2)s1)C(=O)c1ccc(OC)cc1. The predicted molar refractivity (Wildman–Crippen MR) is 124 cm³/mol. The van der Waals surface area contributed by atoms with Crippen molar-refractivity contribution in [1.82, 2.24) is 15.1 Å². The lowest BCUT2D eigenvalue weighted by Gasteiger charge is -2.22. The van der Waals surface area contributed by atoms with Crippen LogP contribution in [0.4, 0.5) is 5.13 Å². The zero-order chi connectivity index (χ0) is 22.9. The van der Waals surface area contributed by atoms with Gasteiger partial charge in [0, 0.05) is 30.6 Å². The number of ether oxygens (including phenoxy) is 2. The van der Waals surface area contributed by atoms with Crippen molar-refractivity contribution in [2.45, 2.75) is 19.8 Å². The first-order valence-corrected chi connectivity index (χ1v) is 11.1. The second-order valence-corrected chi connectivity index (χ2v) is 7.94. The second kappa shape index (κ2) is 11.2. The number of rotatable bonds is 10. The summed E-state index contributed by atoms with van der Waals surface area (Å²) in [6, 6.07) is 14.4. The van der Waals surface area contributed by atoms with Gasteiger partial charge in [-0.15, -0.1) is 10.2 Å². The molecule has 0 spiro atoms. The first kappa shape index (κ1) is 23.2. The van der Waals surface area contributed by atoms with Crippen molar-refractivity contribution >= 4 is 28.3 Å². The Hall–Kier alpha value is -3.46. The number of carbonyl (C=O) groups is 2. The number of nitrogens with zero attached hydrogens (tertiary/aromatic N) is 3. The van der Waals surface area contributed by atoms with E-state index in [-0.39, 0.29) is 18.2 Å². The number of amides is 2. The summed E-state index contributed by atoms with van der Waals surface area (Å²) in [6.45, 7) is 2.88. The minimum Gasteiger partial charge on any atom is -0.497 e. The van der Waals surface area contributed by atoms with Gasteiger partial charge in [0.05, 0.1) is 14.2 Å². The number of hydrogen-bond acceptors (Lipinski definition) is 7. The van der Waals surface area contributed by atoms with Crippen molar-refractivity contribution < 1.29 is 19.1 Å². The Labute approximate surface area is 191 Å². The van der Waals surface area contributed by atoms with Gasteiger partial charge in [-0.2, -0.15) is 0 Å². The molecule has 0 unspecified atom stereocenters. The smallest absolute Gasteiger partial charge is 0.253 e. The standard InChI is InChI=1S/C23H26N4O4S/c1-4-14-27(22(29)17-7-11-19(31-3)12-8-17)15-13-20(28)24-23-26-25-21(32-23)16-5-9-18(30-2)10-6-16/h5-12H,4,13-15H2,1-3H3,(H,24,26,28). The van der Waals surface area contributed by atoms with Gasteiger partial charge in [0.15, 0.2) is 0 Å². The summed E-state index contributed by atoms with van der Waals surface area (Å²) in [4.78, 5) is 27.0. The van der Waals surface area contributed by atoms with Crippen LogP contribution < -0.4 is 14.8 Å². The summed E-state index contributed by atoms with van der Waals surface area (Å²) < 4.78 is 10.3. The van der Waals surface area contributed by atoms with Crippen LogP contribution in [-0.4, -0.2) is 54.2 Å². The van der Waals surface area contributed by atoms with E-state index in [2.05, 4.69) is 15.5 Å². The number of hydrogen-bond donors (Lipinski definition) is 1. The second-order valence-electron chi connectivity index (χ2n) is 6.96. The molecule has 0 atom stereocenters. The largest absolute Gasteiger partial charge is 0.497 e. The number of anilines is 1. The molecule has 3 aromatic rings. The molecule has 32 heavy (non-hydrogen) atoms. The first-order valence-electron chi connectivity index (χ1n) is 10.2. The highest BCUT2D eigenvalue weighted by molar-refractivity contribution is 7.18. The molecule has 0 radical (unpaired) electrons. The molecule has 0 aliphatic carbocycles. The molecular weight excluding hydrogens is 428 g/mol. The Bertz CT molecular complexity index is 1030. The maximum absolute atomic E-state index is 12.8. The first-order chi connectivity index (χ1) is 15.5. The fraction of sp³-hybridized carbons (Fsp3) is 0.304. The van der Waals surface area contributed by atoms with E-state index < -0.39 is 0 Å². The highest BCUT2D eigenvalue weighted by Gasteiger charge is 2.17. The summed E-state index contributed by atoms with van der Waals surface area (Å²) >= 11 is 1.29. The molecule has 1 heterocycles. The van der Waals surface area contributed by atoms with E-state index in [1.54, 1.807) is 43.4 Å². The van der Waals surface area contributed by atoms with E-state index in [0.717, 1.165) is 17.7 Å². The Morgan fingerprint density at radius 2 is 1.56 bits per heavy atom. The van der Waals surface area contributed by atoms with Gasteiger partial charge in [-0.3, -0.25) is 9.59 Å². The lowest BCUT2D eigenvalue weighted by atomic mass is 10.1. The third-order valence-electron chi connectivity index (χ3n) is 4.73. The van der Waals surface area contributed by atoms with Crippen LogP contribution in [0.1, 0.15) is 30.1 Å². The molecule has 0 saturated carbocycles. The number of methoxy groups -OCH3 is 2. The number of aromatic nitrogens is 2. The lowest BCUT2D eigenvalue weighted by molar-refractivity contribution is -0.116. The Balaban J connectivity index is 1.57. The summed E-state index contributed by atoms with van der Waals surface area (Å²) in [7, 11) is 3.19. The van der Waals surface area contributed by atoms with Crippen LogP contribution in [0.2, 0.25) is 0 Å². The van der Waals surface area contributed by atoms with Crippen LogP contribution in [0.25, 0.3) is 10.6 Å². The molecule has 0 bridgehead atoms. The molecule has 1 N–H and O–H groups in total. The van der Waals surface area contributed by atoms with Gasteiger partial charge >= 0.3 is 0 Å². The fourth-order valence-electron chi connectivity index (χ4n) is 3.04. The van der Waals surface area contributed by atoms with Crippen molar-refractivity contribution in [2.24, 2.45) is 0 Å². The zero-order valence-electron chi connectivity index (χ0n) is 18.3. The average Bonchev–Trinajstić information content (AvgIpc) is 3.29. The molecule has 0 saturated heterocycles. The van der Waals surface area contributed by atoms with E-state index in [4.69, 9.17) is 9.47 Å². The molecule has 1 aromatic heterocycles. The maximum atomic E-state index is 12.8. The third kappa shape index (κ3) is 6.04. The molecule has 2 aromatic carbocycles. The molecule has 8 nitrogen and oxygen atoms in total. The molecular formula is C23H26N4O4S. The summed E-state index contributed by atoms with van der Waals surface area (Å²) in [5.41, 5.74) is 1.45. The minimum absolute atomic E-state index is 0.111. The molecule has 168 valence electrons. The number of benzene rings is 2. The monoisotopic (exact) mass is 454 g/mol. The molecule has 2 amide bonds. The molecule has 0 aliphatic heterocycles. The van der Waals surface area contributed by atoms with E-state index in [9.17, 15) is 9.59 Å². The fourth-order valence-corrected chi connectivity index (χ4v) is 3.81. The normalized spacial score (nSPS) is 10.5. The van der Waals surface area contributed by atoms with Gasteiger partial charge in [0.1, 0.15) is 16.5 Å². The molecule has 9 heteroatoms. The summed E-state index contributed by atoms with van der Waals surface area (Å²) in [5.74, 6) is 1.12. The quantitative estimate of drug-likeness (QED) is 0.496. The van der Waals surface area contributed by atoms with Crippen LogP contribution in [0, 0.1) is 0 Å². The van der Waals surface area contributed by atoms with Crippen LogP contribution in [0.3, 0.4) is 0 Å². The molecule has 0 aliphatic rings. The Morgan fingerprint density at radius 3 is 2.16 bits per heavy atom. The molecule has 0 fully saturated rings. The van der Waals surface area contributed by atoms with E-state index in [1.165, 1.54) is 11.3 Å². The predicted octanol–water partition coefficient (Wildman–Crippen LogP) is 4.10. The number of carbonyl (C=O) groups excluding carboxylic acids is 2. The van der Waals surface area contributed by atoms with Crippen molar-refractivity contribution in [3.63, 3.8) is 0 Å². The van der Waals surface area contributed by atoms with Gasteiger partial charge in [0.2, 0.25) is 11.0 Å². The number of nitrogens with one attached hydrogen (secondary N) is 1. The van der Waals surface area contributed by atoms with Crippen LogP contribution in [0.5, 0.6) is 11.5 Å². The Kier molecular flexibility index (Phi) is 8.15. The topological polar surface area (TPSA) is 93.7 Å². The van der Waals surface area contributed by atoms with Gasteiger partial charge in [-0.25, -0.2) is 0 Å². The van der Waals surface area contributed by atoms with Gasteiger partial charge in [-0.1, -0.05) is 18.3 Å². The summed E-state index contributed by atoms with van der Waals surface area (Å²) in [6.07, 6.45) is 0.963. The van der Waals surface area contributed by atoms with Crippen molar-refractivity contribution in [3.05, 3.63) is 54.1 Å². The summed E-state index contributed by atoms with van der Waals surface area (Å²) in [5, 5.41) is 12.1. The van der Waals surface area contributed by atoms with Crippen molar-refractivity contribution in [1.29, 1.82) is 0 Å². The van der Waals surface area contributed by atoms with E-state index in [1.807, 2.05) is 31.2 Å². The highest BCUT2D eigenvalue weighted by Crippen LogP contribution is 2.27. The van der Waals surface area contributed by atoms with Gasteiger partial charge in [-0.05, 0) is 55.0 Å².